The maximum Gasteiger partial charge on any atom is 0.239 e. The van der Waals surface area contributed by atoms with Gasteiger partial charge in [-0.25, -0.2) is 0 Å². The van der Waals surface area contributed by atoms with Crippen molar-refractivity contribution in [2.45, 2.75) is 19.0 Å². The number of benzene rings is 2. The lowest BCUT2D eigenvalue weighted by atomic mass is 10.1. The monoisotopic (exact) mass is 397 g/mol. The predicted molar refractivity (Wildman–Crippen MR) is 111 cm³/mol. The van der Waals surface area contributed by atoms with E-state index in [0.717, 1.165) is 11.1 Å². The minimum Gasteiger partial charge on any atom is -0.394 e. The molecule has 0 saturated carbocycles. The molecule has 0 aliphatic rings. The topological polar surface area (TPSA) is 140 Å². The largest absolute Gasteiger partial charge is 0.394 e. The van der Waals surface area contributed by atoms with Crippen LogP contribution in [0.5, 0.6) is 0 Å². The summed E-state index contributed by atoms with van der Waals surface area (Å²) in [6, 6.07) is 16.0. The molecular formula is C21H27N5O3. The van der Waals surface area contributed by atoms with E-state index in [1.807, 2.05) is 30.3 Å². The first kappa shape index (κ1) is 22.1. The van der Waals surface area contributed by atoms with Crippen molar-refractivity contribution < 1.29 is 14.7 Å². The fraction of sp³-hybridized carbons (Fsp3) is 0.286. The Hall–Kier alpha value is -3.23. The van der Waals surface area contributed by atoms with Crippen LogP contribution in [0.1, 0.15) is 16.7 Å². The van der Waals surface area contributed by atoms with E-state index in [1.165, 1.54) is 0 Å². The first-order chi connectivity index (χ1) is 14.0. The Morgan fingerprint density at radius 1 is 1.00 bits per heavy atom. The average molecular weight is 397 g/mol. The van der Waals surface area contributed by atoms with Gasteiger partial charge in [0.15, 0.2) is 0 Å². The lowest BCUT2D eigenvalue weighted by Crippen LogP contribution is -2.48. The first-order valence-electron chi connectivity index (χ1n) is 9.35. The third-order valence-corrected chi connectivity index (χ3v) is 4.32. The highest BCUT2D eigenvalue weighted by Gasteiger charge is 2.17. The van der Waals surface area contributed by atoms with Crippen molar-refractivity contribution in [1.29, 1.82) is 5.41 Å². The fourth-order valence-electron chi connectivity index (χ4n) is 2.63. The lowest BCUT2D eigenvalue weighted by molar-refractivity contribution is -0.128. The summed E-state index contributed by atoms with van der Waals surface area (Å²) >= 11 is 0. The Kier molecular flexibility index (Phi) is 8.81. The number of carbonyl (C=O) groups excluding carboxylic acids is 2. The van der Waals surface area contributed by atoms with E-state index in [4.69, 9.17) is 11.1 Å². The zero-order valence-electron chi connectivity index (χ0n) is 16.2. The van der Waals surface area contributed by atoms with Crippen LogP contribution in [0.3, 0.4) is 0 Å². The summed E-state index contributed by atoms with van der Waals surface area (Å²) in [6.45, 7) is 0.281. The first-order valence-corrected chi connectivity index (χ1v) is 9.35. The smallest absolute Gasteiger partial charge is 0.239 e. The zero-order chi connectivity index (χ0) is 21.1. The van der Waals surface area contributed by atoms with Gasteiger partial charge < -0.3 is 21.5 Å². The van der Waals surface area contributed by atoms with Gasteiger partial charge in [0.1, 0.15) is 11.9 Å². The number of amides is 2. The van der Waals surface area contributed by atoms with Gasteiger partial charge >= 0.3 is 0 Å². The molecule has 2 aromatic carbocycles. The van der Waals surface area contributed by atoms with Crippen LogP contribution >= 0.6 is 0 Å². The van der Waals surface area contributed by atoms with Crippen molar-refractivity contribution >= 4 is 17.6 Å². The van der Waals surface area contributed by atoms with Gasteiger partial charge in [-0.05, 0) is 17.5 Å². The van der Waals surface area contributed by atoms with Crippen LogP contribution in [-0.2, 0) is 22.6 Å². The van der Waals surface area contributed by atoms with Gasteiger partial charge in [0.25, 0.3) is 0 Å². The van der Waals surface area contributed by atoms with Crippen LogP contribution in [0.25, 0.3) is 0 Å². The summed E-state index contributed by atoms with van der Waals surface area (Å²) in [5, 5.41) is 25.0. The van der Waals surface area contributed by atoms with Crippen LogP contribution in [0, 0.1) is 5.41 Å². The molecule has 0 fully saturated rings. The number of nitrogens with two attached hydrogens (primary N) is 1. The van der Waals surface area contributed by atoms with Gasteiger partial charge in [0, 0.05) is 18.7 Å². The maximum absolute atomic E-state index is 12.2. The van der Waals surface area contributed by atoms with E-state index in [2.05, 4.69) is 16.0 Å². The van der Waals surface area contributed by atoms with Crippen molar-refractivity contribution in [2.75, 3.05) is 19.7 Å². The molecular weight excluding hydrogens is 370 g/mol. The summed E-state index contributed by atoms with van der Waals surface area (Å²) < 4.78 is 0. The van der Waals surface area contributed by atoms with Crippen LogP contribution < -0.4 is 21.7 Å². The second-order valence-corrected chi connectivity index (χ2v) is 6.53. The minimum atomic E-state index is -0.834. The summed E-state index contributed by atoms with van der Waals surface area (Å²) in [5.41, 5.74) is 8.03. The molecule has 0 bridgehead atoms. The molecule has 7 N–H and O–H groups in total. The molecule has 2 amide bonds. The van der Waals surface area contributed by atoms with Gasteiger partial charge in [0.05, 0.1) is 13.2 Å². The summed E-state index contributed by atoms with van der Waals surface area (Å²) in [7, 11) is 0. The number of hydrogen-bond donors (Lipinski definition) is 6. The highest BCUT2D eigenvalue weighted by Crippen LogP contribution is 2.04. The Balaban J connectivity index is 1.70. The van der Waals surface area contributed by atoms with Crippen LogP contribution in [-0.4, -0.2) is 48.5 Å². The van der Waals surface area contributed by atoms with Gasteiger partial charge in [0.2, 0.25) is 11.8 Å². The Labute approximate surface area is 170 Å². The van der Waals surface area contributed by atoms with E-state index in [1.54, 1.807) is 24.3 Å². The SMILES string of the molecule is N=C(N)c1ccc(CNC(CO)C(=O)NCC(=O)NCCc2ccccc2)cc1. The number of nitrogen functional groups attached to an aromatic ring is 1. The van der Waals surface area contributed by atoms with Crippen molar-refractivity contribution in [3.63, 3.8) is 0 Å². The highest BCUT2D eigenvalue weighted by molar-refractivity contribution is 5.94. The Morgan fingerprint density at radius 3 is 2.31 bits per heavy atom. The van der Waals surface area contributed by atoms with Crippen LogP contribution in [0.15, 0.2) is 54.6 Å². The molecule has 154 valence electrons. The van der Waals surface area contributed by atoms with Crippen molar-refractivity contribution in [3.05, 3.63) is 71.3 Å². The van der Waals surface area contributed by atoms with Crippen molar-refractivity contribution in [3.8, 4) is 0 Å². The molecule has 0 radical (unpaired) electrons. The summed E-state index contributed by atoms with van der Waals surface area (Å²) in [4.78, 5) is 24.1. The zero-order valence-corrected chi connectivity index (χ0v) is 16.2. The molecule has 8 nitrogen and oxygen atoms in total. The molecule has 0 spiro atoms. The molecule has 0 heterocycles. The number of carbonyl (C=O) groups is 2. The fourth-order valence-corrected chi connectivity index (χ4v) is 2.63. The van der Waals surface area contributed by atoms with Gasteiger partial charge in [-0.3, -0.25) is 20.3 Å². The van der Waals surface area contributed by atoms with Crippen molar-refractivity contribution in [2.24, 2.45) is 5.73 Å². The van der Waals surface area contributed by atoms with Gasteiger partial charge in [-0.15, -0.1) is 0 Å². The molecule has 0 aromatic heterocycles. The van der Waals surface area contributed by atoms with Gasteiger partial charge in [-0.1, -0.05) is 54.6 Å². The molecule has 1 unspecified atom stereocenters. The number of nitrogens with one attached hydrogen (secondary N) is 4. The quantitative estimate of drug-likeness (QED) is 0.232. The highest BCUT2D eigenvalue weighted by atomic mass is 16.3. The predicted octanol–water partition coefficient (Wildman–Crippen LogP) is -0.104. The van der Waals surface area contributed by atoms with E-state index in [0.29, 0.717) is 25.1 Å². The Morgan fingerprint density at radius 2 is 1.69 bits per heavy atom. The van der Waals surface area contributed by atoms with Crippen molar-refractivity contribution in [1.82, 2.24) is 16.0 Å². The second-order valence-electron chi connectivity index (χ2n) is 6.53. The molecule has 0 saturated heterocycles. The molecule has 0 aliphatic heterocycles. The lowest BCUT2D eigenvalue weighted by Gasteiger charge is -2.16. The normalized spacial score (nSPS) is 11.5. The van der Waals surface area contributed by atoms with E-state index >= 15 is 0 Å². The van der Waals surface area contributed by atoms with Crippen LogP contribution in [0.2, 0.25) is 0 Å². The molecule has 0 aliphatic carbocycles. The molecule has 1 atom stereocenters. The number of amidine groups is 1. The standard InChI is InChI=1S/C21H27N5O3/c22-20(23)17-8-6-16(7-9-17)12-25-18(14-27)21(29)26-13-19(28)24-11-10-15-4-2-1-3-5-15/h1-9,18,25,27H,10-14H2,(H3,22,23)(H,24,28)(H,26,29). The summed E-state index contributed by atoms with van der Waals surface area (Å²) in [5.74, 6) is -0.754. The van der Waals surface area contributed by atoms with E-state index in [9.17, 15) is 14.7 Å². The minimum absolute atomic E-state index is 0.0147. The third kappa shape index (κ3) is 7.73. The van der Waals surface area contributed by atoms with E-state index < -0.39 is 18.6 Å². The molecule has 8 heteroatoms. The average Bonchev–Trinajstić information content (AvgIpc) is 2.73. The number of aliphatic hydroxyl groups excluding tert-OH is 1. The number of hydrogen-bond acceptors (Lipinski definition) is 5. The maximum atomic E-state index is 12.2. The second kappa shape index (κ2) is 11.6. The van der Waals surface area contributed by atoms with Gasteiger partial charge in [-0.2, -0.15) is 0 Å². The van der Waals surface area contributed by atoms with E-state index in [-0.39, 0.29) is 18.3 Å². The number of rotatable bonds is 11. The van der Waals surface area contributed by atoms with Crippen LogP contribution in [0.4, 0.5) is 0 Å². The molecule has 2 rings (SSSR count). The summed E-state index contributed by atoms with van der Waals surface area (Å²) in [6.07, 6.45) is 0.712. The third-order valence-electron chi connectivity index (χ3n) is 4.32. The number of aliphatic hydroxyl groups is 1. The molecule has 2 aromatic rings. The Bertz CT molecular complexity index is 809. The molecule has 29 heavy (non-hydrogen) atoms.